The molecule has 0 bridgehead atoms. The minimum atomic E-state index is 0.0972. The summed E-state index contributed by atoms with van der Waals surface area (Å²) in [7, 11) is 0. The molecule has 0 fully saturated rings. The molecule has 0 aromatic carbocycles. The molecule has 0 saturated carbocycles. The van der Waals surface area contributed by atoms with Crippen molar-refractivity contribution < 1.29 is 1.44 Å². The quantitative estimate of drug-likeness (QED) is 0.424. The van der Waals surface area contributed by atoms with Gasteiger partial charge in [0.25, 0.3) is 0 Å². The Labute approximate surface area is 63.7 Å². The van der Waals surface area contributed by atoms with Crippen molar-refractivity contribution in [2.75, 3.05) is 0 Å². The summed E-state index contributed by atoms with van der Waals surface area (Å²) in [5.74, 6) is 0. The normalized spacial score (nSPS) is 11.7. The molecular formula is C4H9CaO. The van der Waals surface area contributed by atoms with Crippen molar-refractivity contribution in [3.8, 4) is 0 Å². The van der Waals surface area contributed by atoms with Gasteiger partial charge in [-0.2, -0.15) is 0 Å². The summed E-state index contributed by atoms with van der Waals surface area (Å²) >= 11 is 0.934. The molecule has 1 radical (unpaired) electrons. The average Bonchev–Trinajstić information content (AvgIpc) is 1.35. The van der Waals surface area contributed by atoms with Crippen LogP contribution in [0, 0.1) is 0 Å². The van der Waals surface area contributed by atoms with E-state index in [1.54, 1.807) is 0 Å². The van der Waals surface area contributed by atoms with Gasteiger partial charge in [-0.15, -0.1) is 0 Å². The maximum absolute atomic E-state index is 5.06. The van der Waals surface area contributed by atoms with Gasteiger partial charge in [0, 0.05) is 0 Å². The summed E-state index contributed by atoms with van der Waals surface area (Å²) in [6, 6.07) is 0. The molecule has 0 aliphatic rings. The molecule has 0 aliphatic carbocycles. The summed E-state index contributed by atoms with van der Waals surface area (Å²) in [4.78, 5) is 0. The van der Waals surface area contributed by atoms with Gasteiger partial charge in [0.05, 0.1) is 0 Å². The molecule has 0 heterocycles. The van der Waals surface area contributed by atoms with Gasteiger partial charge in [-0.3, -0.25) is 0 Å². The zero-order valence-corrected chi connectivity index (χ0v) is 6.82. The third-order valence-electron chi connectivity index (χ3n) is 0.433. The van der Waals surface area contributed by atoms with Gasteiger partial charge in [0.1, 0.15) is 0 Å². The molecule has 0 aromatic rings. The molecule has 1 nitrogen and oxygen atoms in total. The summed E-state index contributed by atoms with van der Waals surface area (Å²) in [6.45, 7) is 6.16. The standard InChI is InChI=1S/C4H9O.Ca/c1-4(2,3)5;/h1-3H3;/q-1;+1. The van der Waals surface area contributed by atoms with E-state index in [0.717, 1.165) is 36.3 Å². The molecule has 0 unspecified atom stereocenters. The molecule has 0 spiro atoms. The van der Waals surface area contributed by atoms with Gasteiger partial charge < -0.3 is 0 Å². The van der Waals surface area contributed by atoms with Crippen molar-refractivity contribution in [2.45, 2.75) is 26.4 Å². The molecule has 0 saturated heterocycles. The number of hydrogen-bond donors (Lipinski definition) is 0. The van der Waals surface area contributed by atoms with Gasteiger partial charge in [0.2, 0.25) is 0 Å². The Morgan fingerprint density at radius 2 is 1.50 bits per heavy atom. The topological polar surface area (TPSA) is 9.23 Å². The fourth-order valence-corrected chi connectivity index (χ4v) is 0. The van der Waals surface area contributed by atoms with Gasteiger partial charge in [0.15, 0.2) is 0 Å². The second kappa shape index (κ2) is 2.51. The Kier molecular flexibility index (Phi) is 3.02. The van der Waals surface area contributed by atoms with Crippen LogP contribution >= 0.6 is 0 Å². The Balaban J connectivity index is 3.17. The maximum atomic E-state index is 5.06. The van der Waals surface area contributed by atoms with Crippen molar-refractivity contribution in [1.82, 2.24) is 0 Å². The van der Waals surface area contributed by atoms with Crippen molar-refractivity contribution >= 4 is 36.3 Å². The first kappa shape index (κ1) is 7.22. The van der Waals surface area contributed by atoms with E-state index < -0.39 is 0 Å². The van der Waals surface area contributed by atoms with Crippen molar-refractivity contribution in [2.24, 2.45) is 0 Å². The summed E-state index contributed by atoms with van der Waals surface area (Å²) in [5, 5.41) is 0. The van der Waals surface area contributed by atoms with Crippen molar-refractivity contribution in [3.63, 3.8) is 0 Å². The predicted molar refractivity (Wildman–Crippen MR) is 26.6 cm³/mol. The monoisotopic (exact) mass is 113 g/mol. The first-order valence-corrected chi connectivity index (χ1v) is 2.89. The molecule has 0 rings (SSSR count). The molecule has 0 amide bonds. The summed E-state index contributed by atoms with van der Waals surface area (Å²) in [6.07, 6.45) is 0. The SMILES string of the molecule is CC(C)(C)[O][Ca]. The van der Waals surface area contributed by atoms with Crippen LogP contribution in [-0.2, 0) is 1.44 Å². The van der Waals surface area contributed by atoms with E-state index in [4.69, 9.17) is 1.44 Å². The van der Waals surface area contributed by atoms with Crippen LogP contribution in [0.15, 0.2) is 0 Å². The zero-order valence-electron chi connectivity index (χ0n) is 4.62. The third-order valence-corrected chi connectivity index (χ3v) is 1.79. The van der Waals surface area contributed by atoms with Crippen molar-refractivity contribution in [1.29, 1.82) is 0 Å². The average molecular weight is 113 g/mol. The Morgan fingerprint density at radius 3 is 1.50 bits per heavy atom. The Morgan fingerprint density at radius 1 is 1.33 bits per heavy atom. The Hall–Kier alpha value is 1.22. The van der Waals surface area contributed by atoms with E-state index in [-0.39, 0.29) is 5.60 Å². The van der Waals surface area contributed by atoms with E-state index in [1.165, 1.54) is 0 Å². The summed E-state index contributed by atoms with van der Waals surface area (Å²) in [5.41, 5.74) is 0.0972. The minimum absolute atomic E-state index is 0.0972. The molecule has 0 atom stereocenters. The third kappa shape index (κ3) is 5.22. The van der Waals surface area contributed by atoms with Crippen molar-refractivity contribution in [3.05, 3.63) is 0 Å². The van der Waals surface area contributed by atoms with Gasteiger partial charge in [-0.05, 0) is 0 Å². The first-order chi connectivity index (χ1) is 2.56. The van der Waals surface area contributed by atoms with E-state index in [0.29, 0.717) is 0 Å². The van der Waals surface area contributed by atoms with Crippen LogP contribution in [0.5, 0.6) is 0 Å². The van der Waals surface area contributed by atoms with Crippen LogP contribution in [0.4, 0.5) is 0 Å². The van der Waals surface area contributed by atoms with Crippen LogP contribution in [0.25, 0.3) is 0 Å². The summed E-state index contributed by atoms with van der Waals surface area (Å²) < 4.78 is 5.06. The van der Waals surface area contributed by atoms with Gasteiger partial charge in [-0.25, -0.2) is 0 Å². The predicted octanol–water partition coefficient (Wildman–Crippen LogP) is 0.885. The molecule has 0 aliphatic heterocycles. The Bertz CT molecular complexity index is 37.3. The number of hydrogen-bond acceptors (Lipinski definition) is 1. The van der Waals surface area contributed by atoms with E-state index >= 15 is 0 Å². The first-order valence-electron chi connectivity index (χ1n) is 1.99. The van der Waals surface area contributed by atoms with E-state index in [2.05, 4.69) is 20.8 Å². The van der Waals surface area contributed by atoms with Crippen LogP contribution < -0.4 is 0 Å². The van der Waals surface area contributed by atoms with Crippen LogP contribution in [0.1, 0.15) is 20.8 Å². The second-order valence-electron chi connectivity index (χ2n) is 2.26. The van der Waals surface area contributed by atoms with E-state index in [1.807, 2.05) is 0 Å². The molecule has 6 heavy (non-hydrogen) atoms. The van der Waals surface area contributed by atoms with E-state index in [9.17, 15) is 0 Å². The fourth-order valence-electron chi connectivity index (χ4n) is 0. The van der Waals surface area contributed by atoms with Crippen LogP contribution in [0.2, 0.25) is 0 Å². The molecular weight excluding hydrogens is 104 g/mol. The molecule has 33 valence electrons. The second-order valence-corrected chi connectivity index (χ2v) is 2.71. The molecule has 2 heteroatoms. The zero-order chi connectivity index (χ0) is 5.21. The van der Waals surface area contributed by atoms with Crippen LogP contribution in [-0.4, -0.2) is 42.0 Å². The van der Waals surface area contributed by atoms with Gasteiger partial charge in [-0.1, -0.05) is 0 Å². The molecule has 0 aromatic heterocycles. The molecule has 0 N–H and O–H groups in total. The fraction of sp³-hybridized carbons (Fsp3) is 1.00. The number of rotatable bonds is 0. The van der Waals surface area contributed by atoms with Gasteiger partial charge >= 0.3 is 64.2 Å². The van der Waals surface area contributed by atoms with Crippen LogP contribution in [0.3, 0.4) is 0 Å².